The second kappa shape index (κ2) is 7.78. The van der Waals surface area contributed by atoms with Crippen LogP contribution in [-0.4, -0.2) is 30.6 Å². The van der Waals surface area contributed by atoms with Crippen LogP contribution < -0.4 is 10.1 Å². The number of anilines is 1. The molecule has 1 aliphatic heterocycles. The molecule has 1 aromatic rings. The van der Waals surface area contributed by atoms with Gasteiger partial charge in [-0.2, -0.15) is 0 Å². The molecule has 1 N–H and O–H groups in total. The molecule has 2 amide bonds. The van der Waals surface area contributed by atoms with Gasteiger partial charge in [-0.15, -0.1) is 0 Å². The van der Waals surface area contributed by atoms with Gasteiger partial charge >= 0.3 is 6.03 Å². The zero-order valence-electron chi connectivity index (χ0n) is 12.2. The number of nitrogens with zero attached hydrogens (tertiary/aromatic N) is 1. The van der Waals surface area contributed by atoms with Crippen LogP contribution in [0.5, 0.6) is 5.75 Å². The van der Waals surface area contributed by atoms with Gasteiger partial charge in [-0.3, -0.25) is 0 Å². The van der Waals surface area contributed by atoms with Crippen molar-refractivity contribution in [1.29, 1.82) is 0 Å². The molecule has 1 saturated heterocycles. The summed E-state index contributed by atoms with van der Waals surface area (Å²) in [5, 5.41) is 2.96. The smallest absolute Gasteiger partial charge is 0.321 e. The van der Waals surface area contributed by atoms with Crippen LogP contribution in [0.25, 0.3) is 0 Å². The minimum absolute atomic E-state index is 0.000425. The second-order valence-corrected chi connectivity index (χ2v) is 5.21. The Hall–Kier alpha value is -1.71. The van der Waals surface area contributed by atoms with Crippen LogP contribution in [-0.2, 0) is 0 Å². The standard InChI is InChI=1S/C16H24N2O2/c1-2-12-20-15-9-7-8-14(13-15)17-16(19)18-10-5-3-4-6-11-18/h7-9,13H,2-6,10-12H2,1H3,(H,17,19). The van der Waals surface area contributed by atoms with Gasteiger partial charge in [-0.1, -0.05) is 25.8 Å². The van der Waals surface area contributed by atoms with Crippen molar-refractivity contribution in [2.45, 2.75) is 39.0 Å². The molecule has 20 heavy (non-hydrogen) atoms. The summed E-state index contributed by atoms with van der Waals surface area (Å²) in [6.45, 7) is 4.49. The van der Waals surface area contributed by atoms with Gasteiger partial charge in [-0.05, 0) is 31.4 Å². The van der Waals surface area contributed by atoms with Crippen LogP contribution in [0.3, 0.4) is 0 Å². The number of hydrogen-bond donors (Lipinski definition) is 1. The van der Waals surface area contributed by atoms with Gasteiger partial charge in [0.1, 0.15) is 5.75 Å². The topological polar surface area (TPSA) is 41.6 Å². The summed E-state index contributed by atoms with van der Waals surface area (Å²) in [6.07, 6.45) is 5.64. The highest BCUT2D eigenvalue weighted by molar-refractivity contribution is 5.89. The van der Waals surface area contributed by atoms with Crippen LogP contribution >= 0.6 is 0 Å². The lowest BCUT2D eigenvalue weighted by atomic mass is 10.2. The van der Waals surface area contributed by atoms with Gasteiger partial charge < -0.3 is 15.0 Å². The van der Waals surface area contributed by atoms with E-state index in [4.69, 9.17) is 4.74 Å². The fraction of sp³-hybridized carbons (Fsp3) is 0.562. The molecule has 1 aliphatic rings. The maximum atomic E-state index is 12.2. The van der Waals surface area contributed by atoms with Crippen LogP contribution in [0.15, 0.2) is 24.3 Å². The van der Waals surface area contributed by atoms with E-state index >= 15 is 0 Å². The zero-order valence-corrected chi connectivity index (χ0v) is 12.2. The maximum absolute atomic E-state index is 12.2. The predicted octanol–water partition coefficient (Wildman–Crippen LogP) is 3.88. The lowest BCUT2D eigenvalue weighted by Crippen LogP contribution is -2.35. The van der Waals surface area contributed by atoms with E-state index in [1.165, 1.54) is 12.8 Å². The Balaban J connectivity index is 1.92. The van der Waals surface area contributed by atoms with Crippen LogP contribution in [0.4, 0.5) is 10.5 Å². The number of carbonyl (C=O) groups excluding carboxylic acids is 1. The molecule has 4 nitrogen and oxygen atoms in total. The van der Waals surface area contributed by atoms with Crippen LogP contribution in [0.1, 0.15) is 39.0 Å². The number of urea groups is 1. The largest absolute Gasteiger partial charge is 0.494 e. The summed E-state index contributed by atoms with van der Waals surface area (Å²) in [5.41, 5.74) is 0.799. The molecular weight excluding hydrogens is 252 g/mol. The summed E-state index contributed by atoms with van der Waals surface area (Å²) in [6, 6.07) is 7.60. The highest BCUT2D eigenvalue weighted by Gasteiger charge is 2.15. The highest BCUT2D eigenvalue weighted by atomic mass is 16.5. The zero-order chi connectivity index (χ0) is 14.2. The summed E-state index contributed by atoms with van der Waals surface area (Å²) in [7, 11) is 0. The molecule has 0 spiro atoms. The van der Waals surface area contributed by atoms with E-state index in [0.717, 1.165) is 43.8 Å². The monoisotopic (exact) mass is 276 g/mol. The Morgan fingerprint density at radius 2 is 2.00 bits per heavy atom. The average molecular weight is 276 g/mol. The van der Waals surface area contributed by atoms with Crippen molar-refractivity contribution in [2.24, 2.45) is 0 Å². The van der Waals surface area contributed by atoms with Crippen LogP contribution in [0, 0.1) is 0 Å². The Kier molecular flexibility index (Phi) is 5.71. The molecule has 0 atom stereocenters. The average Bonchev–Trinajstić information content (AvgIpc) is 2.74. The Labute approximate surface area is 121 Å². The van der Waals surface area contributed by atoms with E-state index in [1.807, 2.05) is 29.2 Å². The van der Waals surface area contributed by atoms with E-state index in [-0.39, 0.29) is 6.03 Å². The Bertz CT molecular complexity index is 426. The first-order chi connectivity index (χ1) is 9.79. The minimum atomic E-state index is -0.000425. The summed E-state index contributed by atoms with van der Waals surface area (Å²) in [4.78, 5) is 14.1. The third kappa shape index (κ3) is 4.44. The third-order valence-electron chi connectivity index (χ3n) is 3.45. The van der Waals surface area contributed by atoms with E-state index in [9.17, 15) is 4.79 Å². The van der Waals surface area contributed by atoms with E-state index < -0.39 is 0 Å². The molecule has 1 aromatic carbocycles. The van der Waals surface area contributed by atoms with Crippen LogP contribution in [0.2, 0.25) is 0 Å². The molecule has 0 bridgehead atoms. The van der Waals surface area contributed by atoms with Gasteiger partial charge in [0.15, 0.2) is 0 Å². The first kappa shape index (κ1) is 14.7. The molecular formula is C16H24N2O2. The number of nitrogens with one attached hydrogen (secondary N) is 1. The molecule has 1 heterocycles. The Morgan fingerprint density at radius 3 is 2.70 bits per heavy atom. The van der Waals surface area contributed by atoms with Gasteiger partial charge in [0.2, 0.25) is 0 Å². The van der Waals surface area contributed by atoms with Crippen molar-refractivity contribution in [1.82, 2.24) is 4.90 Å². The summed E-state index contributed by atoms with van der Waals surface area (Å²) >= 11 is 0. The number of rotatable bonds is 4. The lowest BCUT2D eigenvalue weighted by Gasteiger charge is -2.21. The highest BCUT2D eigenvalue weighted by Crippen LogP contribution is 2.18. The Morgan fingerprint density at radius 1 is 1.25 bits per heavy atom. The predicted molar refractivity (Wildman–Crippen MR) is 81.3 cm³/mol. The number of amides is 2. The fourth-order valence-corrected chi connectivity index (χ4v) is 2.36. The molecule has 0 saturated carbocycles. The molecule has 1 fully saturated rings. The minimum Gasteiger partial charge on any atom is -0.494 e. The maximum Gasteiger partial charge on any atom is 0.321 e. The first-order valence-corrected chi connectivity index (χ1v) is 7.58. The van der Waals surface area contributed by atoms with Gasteiger partial charge in [-0.25, -0.2) is 4.79 Å². The van der Waals surface area contributed by atoms with Gasteiger partial charge in [0.25, 0.3) is 0 Å². The molecule has 0 radical (unpaired) electrons. The molecule has 4 heteroatoms. The molecule has 0 unspecified atom stereocenters. The molecule has 110 valence electrons. The normalized spacial score (nSPS) is 15.6. The number of hydrogen-bond acceptors (Lipinski definition) is 2. The number of carbonyl (C=O) groups is 1. The summed E-state index contributed by atoms with van der Waals surface area (Å²) in [5.74, 6) is 0.806. The van der Waals surface area contributed by atoms with Crippen molar-refractivity contribution in [3.63, 3.8) is 0 Å². The third-order valence-corrected chi connectivity index (χ3v) is 3.45. The van der Waals surface area contributed by atoms with E-state index in [1.54, 1.807) is 0 Å². The lowest BCUT2D eigenvalue weighted by molar-refractivity contribution is 0.214. The second-order valence-electron chi connectivity index (χ2n) is 5.21. The van der Waals surface area contributed by atoms with Gasteiger partial charge in [0.05, 0.1) is 6.61 Å². The van der Waals surface area contributed by atoms with Crippen molar-refractivity contribution in [2.75, 3.05) is 25.0 Å². The number of likely N-dealkylation sites (tertiary alicyclic amines) is 1. The molecule has 2 rings (SSSR count). The summed E-state index contributed by atoms with van der Waals surface area (Å²) < 4.78 is 5.58. The number of ether oxygens (including phenoxy) is 1. The fourth-order valence-electron chi connectivity index (χ4n) is 2.36. The van der Waals surface area contributed by atoms with E-state index in [0.29, 0.717) is 6.61 Å². The van der Waals surface area contributed by atoms with Crippen molar-refractivity contribution in [3.05, 3.63) is 24.3 Å². The quantitative estimate of drug-likeness (QED) is 0.906. The van der Waals surface area contributed by atoms with Crippen molar-refractivity contribution in [3.8, 4) is 5.75 Å². The number of benzene rings is 1. The molecule has 0 aromatic heterocycles. The SMILES string of the molecule is CCCOc1cccc(NC(=O)N2CCCCCC2)c1. The van der Waals surface area contributed by atoms with Gasteiger partial charge in [0, 0.05) is 24.8 Å². The van der Waals surface area contributed by atoms with Crippen molar-refractivity contribution >= 4 is 11.7 Å². The first-order valence-electron chi connectivity index (χ1n) is 7.58. The van der Waals surface area contributed by atoms with Crippen molar-refractivity contribution < 1.29 is 9.53 Å². The van der Waals surface area contributed by atoms with E-state index in [2.05, 4.69) is 12.2 Å². The molecule has 0 aliphatic carbocycles.